The first-order valence-electron chi connectivity index (χ1n) is 10.7. The van der Waals surface area contributed by atoms with Gasteiger partial charge in [0.25, 0.3) is 5.91 Å². The summed E-state index contributed by atoms with van der Waals surface area (Å²) >= 11 is 7.78. The molecule has 170 valence electrons. The molecule has 0 N–H and O–H groups in total. The summed E-state index contributed by atoms with van der Waals surface area (Å²) in [5.41, 5.74) is 2.55. The molecule has 2 aromatic carbocycles. The van der Waals surface area contributed by atoms with Crippen molar-refractivity contribution in [2.75, 3.05) is 25.5 Å². The second kappa shape index (κ2) is 11.4. The molecule has 3 rings (SSSR count). The van der Waals surface area contributed by atoms with Gasteiger partial charge < -0.3 is 9.47 Å². The summed E-state index contributed by atoms with van der Waals surface area (Å²) < 4.78 is 11.6. The van der Waals surface area contributed by atoms with Crippen molar-refractivity contribution >= 4 is 46.2 Å². The highest BCUT2D eigenvalue weighted by Crippen LogP contribution is 2.31. The molecule has 0 bridgehead atoms. The van der Waals surface area contributed by atoms with Gasteiger partial charge in [-0.2, -0.15) is 0 Å². The number of amidine groups is 1. The van der Waals surface area contributed by atoms with Crippen LogP contribution >= 0.6 is 23.4 Å². The van der Waals surface area contributed by atoms with E-state index in [1.807, 2.05) is 50.2 Å². The normalized spacial score (nSPS) is 15.2. The van der Waals surface area contributed by atoms with Crippen molar-refractivity contribution in [1.29, 1.82) is 0 Å². The Morgan fingerprint density at radius 1 is 1.25 bits per heavy atom. The maximum absolute atomic E-state index is 12.9. The lowest BCUT2D eigenvalue weighted by atomic mass is 10.1. The van der Waals surface area contributed by atoms with E-state index >= 15 is 0 Å². The summed E-state index contributed by atoms with van der Waals surface area (Å²) in [5, 5.41) is 1.36. The lowest BCUT2D eigenvalue weighted by Crippen LogP contribution is -2.30. The number of amides is 1. The Kier molecular flexibility index (Phi) is 8.65. The fourth-order valence-corrected chi connectivity index (χ4v) is 4.17. The number of ether oxygens (including phenoxy) is 2. The molecule has 0 aliphatic carbocycles. The number of thioether (sulfide) groups is 1. The van der Waals surface area contributed by atoms with E-state index in [9.17, 15) is 4.79 Å². The Balaban J connectivity index is 1.75. The number of carbonyl (C=O) groups excluding carboxylic acids is 1. The van der Waals surface area contributed by atoms with Crippen LogP contribution in [-0.2, 0) is 4.79 Å². The van der Waals surface area contributed by atoms with Gasteiger partial charge in [-0.15, -0.1) is 0 Å². The molecule has 0 atom stereocenters. The van der Waals surface area contributed by atoms with Crippen LogP contribution in [0.4, 0.5) is 5.69 Å². The second-order valence-electron chi connectivity index (χ2n) is 7.79. The van der Waals surface area contributed by atoms with E-state index < -0.39 is 0 Å². The molecule has 0 saturated carbocycles. The quantitative estimate of drug-likeness (QED) is 0.419. The molecule has 1 saturated heterocycles. The predicted octanol–water partition coefficient (Wildman–Crippen LogP) is 6.36. The SMILES string of the molecule is CCOc1cc(/C=C/C(=O)N2CCSC2=Nc2cccc(Cl)c2C)ccc1OCC(C)C. The van der Waals surface area contributed by atoms with Crippen LogP contribution in [0.15, 0.2) is 47.5 Å². The van der Waals surface area contributed by atoms with Gasteiger partial charge in [0.05, 0.1) is 18.9 Å². The fourth-order valence-electron chi connectivity index (χ4n) is 3.05. The van der Waals surface area contributed by atoms with Crippen molar-refractivity contribution in [3.8, 4) is 11.5 Å². The van der Waals surface area contributed by atoms with Crippen LogP contribution in [0.25, 0.3) is 6.08 Å². The molecule has 0 aromatic heterocycles. The van der Waals surface area contributed by atoms with Crippen LogP contribution in [0.1, 0.15) is 31.9 Å². The zero-order valence-corrected chi connectivity index (χ0v) is 20.5. The minimum atomic E-state index is -0.105. The van der Waals surface area contributed by atoms with Crippen molar-refractivity contribution in [2.45, 2.75) is 27.7 Å². The number of aliphatic imine (C=N–C) groups is 1. The maximum Gasteiger partial charge on any atom is 0.252 e. The summed E-state index contributed by atoms with van der Waals surface area (Å²) in [6, 6.07) is 11.3. The number of rotatable bonds is 8. The average molecular weight is 473 g/mol. The zero-order valence-electron chi connectivity index (χ0n) is 18.9. The lowest BCUT2D eigenvalue weighted by molar-refractivity contribution is -0.121. The molecule has 1 aliphatic heterocycles. The fraction of sp³-hybridized carbons (Fsp3) is 0.360. The zero-order chi connectivity index (χ0) is 23.1. The molecular weight excluding hydrogens is 444 g/mol. The van der Waals surface area contributed by atoms with Gasteiger partial charge in [0.1, 0.15) is 0 Å². The first-order chi connectivity index (χ1) is 15.4. The minimum Gasteiger partial charge on any atom is -0.490 e. The Hall–Kier alpha value is -2.44. The van der Waals surface area contributed by atoms with Gasteiger partial charge in [-0.05, 0) is 61.2 Å². The molecular formula is C25H29ClN2O3S. The van der Waals surface area contributed by atoms with E-state index in [0.29, 0.717) is 47.4 Å². The lowest BCUT2D eigenvalue weighted by Gasteiger charge is -2.15. The highest BCUT2D eigenvalue weighted by atomic mass is 35.5. The molecule has 1 aliphatic rings. The van der Waals surface area contributed by atoms with Gasteiger partial charge in [0, 0.05) is 23.4 Å². The molecule has 2 aromatic rings. The molecule has 0 unspecified atom stereocenters. The Bertz CT molecular complexity index is 1020. The van der Waals surface area contributed by atoms with Crippen molar-refractivity contribution in [1.82, 2.24) is 4.90 Å². The summed E-state index contributed by atoms with van der Waals surface area (Å²) in [6.45, 7) is 9.85. The average Bonchev–Trinajstić information content (AvgIpc) is 3.23. The van der Waals surface area contributed by atoms with Gasteiger partial charge in [-0.1, -0.05) is 49.3 Å². The van der Waals surface area contributed by atoms with Crippen LogP contribution in [0, 0.1) is 12.8 Å². The minimum absolute atomic E-state index is 0.105. The standard InChI is InChI=1S/C25H29ClN2O3S/c1-5-30-23-15-19(9-11-22(23)31-16-17(2)3)10-12-24(29)28-13-14-32-25(28)27-21-8-6-7-20(26)18(21)4/h6-12,15,17H,5,13-14,16H2,1-4H3/b12-10+,27-25?. The number of hydrogen-bond acceptors (Lipinski definition) is 5. The molecule has 1 heterocycles. The van der Waals surface area contributed by atoms with E-state index in [0.717, 1.165) is 22.6 Å². The van der Waals surface area contributed by atoms with Crippen molar-refractivity contribution in [3.05, 3.63) is 58.6 Å². The summed E-state index contributed by atoms with van der Waals surface area (Å²) in [6.07, 6.45) is 3.37. The highest BCUT2D eigenvalue weighted by Gasteiger charge is 2.24. The number of carbonyl (C=O) groups is 1. The maximum atomic E-state index is 12.9. The van der Waals surface area contributed by atoms with Crippen molar-refractivity contribution in [2.24, 2.45) is 10.9 Å². The highest BCUT2D eigenvalue weighted by molar-refractivity contribution is 8.14. The number of hydrogen-bond donors (Lipinski definition) is 0. The topological polar surface area (TPSA) is 51.1 Å². The summed E-state index contributed by atoms with van der Waals surface area (Å²) in [5.74, 6) is 2.52. The van der Waals surface area contributed by atoms with Crippen molar-refractivity contribution in [3.63, 3.8) is 0 Å². The Labute approximate surface area is 199 Å². The van der Waals surface area contributed by atoms with Crippen LogP contribution in [0.3, 0.4) is 0 Å². The van der Waals surface area contributed by atoms with Crippen LogP contribution in [-0.4, -0.2) is 41.5 Å². The monoisotopic (exact) mass is 472 g/mol. The molecule has 1 amide bonds. The first-order valence-corrected chi connectivity index (χ1v) is 12.1. The van der Waals surface area contributed by atoms with Crippen LogP contribution in [0.5, 0.6) is 11.5 Å². The summed E-state index contributed by atoms with van der Waals surface area (Å²) in [4.78, 5) is 19.3. The smallest absolute Gasteiger partial charge is 0.252 e. The molecule has 5 nitrogen and oxygen atoms in total. The van der Waals surface area contributed by atoms with Gasteiger partial charge in [-0.25, -0.2) is 4.99 Å². The van der Waals surface area contributed by atoms with Crippen LogP contribution < -0.4 is 9.47 Å². The third-order valence-electron chi connectivity index (χ3n) is 4.76. The Morgan fingerprint density at radius 2 is 2.06 bits per heavy atom. The number of benzene rings is 2. The van der Waals surface area contributed by atoms with Crippen molar-refractivity contribution < 1.29 is 14.3 Å². The first kappa shape index (κ1) is 24.2. The third kappa shape index (κ3) is 6.30. The van der Waals surface area contributed by atoms with E-state index in [-0.39, 0.29) is 5.91 Å². The van der Waals surface area contributed by atoms with E-state index in [2.05, 4.69) is 13.8 Å². The number of halogens is 1. The largest absolute Gasteiger partial charge is 0.490 e. The third-order valence-corrected chi connectivity index (χ3v) is 6.12. The van der Waals surface area contributed by atoms with E-state index in [1.54, 1.807) is 28.8 Å². The summed E-state index contributed by atoms with van der Waals surface area (Å²) in [7, 11) is 0. The van der Waals surface area contributed by atoms with Gasteiger partial charge >= 0.3 is 0 Å². The molecule has 32 heavy (non-hydrogen) atoms. The van der Waals surface area contributed by atoms with Crippen LogP contribution in [0.2, 0.25) is 5.02 Å². The molecule has 1 fully saturated rings. The molecule has 0 spiro atoms. The molecule has 7 heteroatoms. The second-order valence-corrected chi connectivity index (χ2v) is 9.26. The van der Waals surface area contributed by atoms with E-state index in [1.165, 1.54) is 0 Å². The predicted molar refractivity (Wildman–Crippen MR) is 134 cm³/mol. The Morgan fingerprint density at radius 3 is 2.81 bits per heavy atom. The molecule has 0 radical (unpaired) electrons. The van der Waals surface area contributed by atoms with Gasteiger partial charge in [-0.3, -0.25) is 9.69 Å². The van der Waals surface area contributed by atoms with Gasteiger partial charge in [0.2, 0.25) is 0 Å². The van der Waals surface area contributed by atoms with E-state index in [4.69, 9.17) is 26.1 Å². The van der Waals surface area contributed by atoms with Gasteiger partial charge in [0.15, 0.2) is 16.7 Å². The number of nitrogens with zero attached hydrogens (tertiary/aromatic N) is 2.